The first kappa shape index (κ1) is 10.8. The SMILES string of the molecule is CCc1cc2ccc3cc(C)cc4ccc(c1)c2c34. The maximum absolute atomic E-state index is 2.33. The van der Waals surface area contributed by atoms with Crippen molar-refractivity contribution in [2.45, 2.75) is 20.3 Å². The van der Waals surface area contributed by atoms with E-state index in [9.17, 15) is 0 Å². The molecule has 0 heterocycles. The van der Waals surface area contributed by atoms with Gasteiger partial charge < -0.3 is 0 Å². The van der Waals surface area contributed by atoms with Crippen molar-refractivity contribution < 1.29 is 0 Å². The van der Waals surface area contributed by atoms with Crippen molar-refractivity contribution in [3.63, 3.8) is 0 Å². The van der Waals surface area contributed by atoms with Gasteiger partial charge in [-0.25, -0.2) is 0 Å². The van der Waals surface area contributed by atoms with Crippen LogP contribution in [0, 0.1) is 6.92 Å². The third-order valence-electron chi connectivity index (χ3n) is 4.15. The normalized spacial score (nSPS) is 11.9. The first-order chi connectivity index (χ1) is 9.26. The summed E-state index contributed by atoms with van der Waals surface area (Å²) in [7, 11) is 0. The van der Waals surface area contributed by atoms with Gasteiger partial charge in [0, 0.05) is 0 Å². The molecule has 19 heavy (non-hydrogen) atoms. The van der Waals surface area contributed by atoms with E-state index in [0.717, 1.165) is 6.42 Å². The van der Waals surface area contributed by atoms with E-state index in [1.54, 1.807) is 0 Å². The zero-order chi connectivity index (χ0) is 13.0. The molecule has 0 aliphatic heterocycles. The first-order valence-corrected chi connectivity index (χ1v) is 6.94. The van der Waals surface area contributed by atoms with Gasteiger partial charge in [-0.1, -0.05) is 55.5 Å². The molecule has 0 saturated heterocycles. The molecule has 0 aromatic heterocycles. The average molecular weight is 244 g/mol. The number of rotatable bonds is 1. The summed E-state index contributed by atoms with van der Waals surface area (Å²) in [4.78, 5) is 0. The molecule has 0 unspecified atom stereocenters. The summed E-state index contributed by atoms with van der Waals surface area (Å²) in [6.07, 6.45) is 1.09. The summed E-state index contributed by atoms with van der Waals surface area (Å²) in [5, 5.41) is 8.30. The molecule has 4 aromatic rings. The van der Waals surface area contributed by atoms with Gasteiger partial charge in [0.15, 0.2) is 0 Å². The predicted octanol–water partition coefficient (Wildman–Crippen LogP) is 5.45. The van der Waals surface area contributed by atoms with Gasteiger partial charge >= 0.3 is 0 Å². The molecule has 0 spiro atoms. The average Bonchev–Trinajstić information content (AvgIpc) is 2.43. The fourth-order valence-corrected chi connectivity index (χ4v) is 3.26. The Bertz CT molecular complexity index is 833. The Labute approximate surface area is 113 Å². The maximum Gasteiger partial charge on any atom is -0.00266 e. The van der Waals surface area contributed by atoms with E-state index in [1.165, 1.54) is 43.4 Å². The monoisotopic (exact) mass is 244 g/mol. The van der Waals surface area contributed by atoms with Crippen molar-refractivity contribution in [3.8, 4) is 0 Å². The summed E-state index contributed by atoms with van der Waals surface area (Å²) in [5.41, 5.74) is 2.75. The molecule has 0 amide bonds. The second-order valence-corrected chi connectivity index (χ2v) is 5.49. The minimum Gasteiger partial charge on any atom is -0.0613 e. The lowest BCUT2D eigenvalue weighted by atomic mass is 9.91. The van der Waals surface area contributed by atoms with Crippen LogP contribution >= 0.6 is 0 Å². The van der Waals surface area contributed by atoms with E-state index in [0.29, 0.717) is 0 Å². The molecule has 4 rings (SSSR count). The highest BCUT2D eigenvalue weighted by molar-refractivity contribution is 6.23. The summed E-state index contributed by atoms with van der Waals surface area (Å²) < 4.78 is 0. The van der Waals surface area contributed by atoms with Gasteiger partial charge in [0.2, 0.25) is 0 Å². The predicted molar refractivity (Wildman–Crippen MR) is 84.3 cm³/mol. The Balaban J connectivity index is 2.31. The van der Waals surface area contributed by atoms with Crippen LogP contribution in [-0.4, -0.2) is 0 Å². The number of hydrogen-bond donors (Lipinski definition) is 0. The molecule has 0 heteroatoms. The van der Waals surface area contributed by atoms with Crippen LogP contribution < -0.4 is 0 Å². The van der Waals surface area contributed by atoms with Gasteiger partial charge in [-0.3, -0.25) is 0 Å². The fraction of sp³-hybridized carbons (Fsp3) is 0.158. The molecule has 0 N–H and O–H groups in total. The number of aryl methyl sites for hydroxylation is 2. The van der Waals surface area contributed by atoms with Crippen LogP contribution in [0.1, 0.15) is 18.1 Å². The molecule has 0 saturated carbocycles. The standard InChI is InChI=1S/C19H16/c1-3-13-10-16-6-4-14-8-12(2)9-15-5-7-17(11-13)19(16)18(14)15/h4-11H,3H2,1-2H3. The highest BCUT2D eigenvalue weighted by atomic mass is 14.1. The van der Waals surface area contributed by atoms with E-state index in [-0.39, 0.29) is 0 Å². The lowest BCUT2D eigenvalue weighted by Gasteiger charge is -2.12. The molecule has 0 atom stereocenters. The molecule has 0 fully saturated rings. The van der Waals surface area contributed by atoms with Crippen LogP contribution in [0.2, 0.25) is 0 Å². The lowest BCUT2D eigenvalue weighted by Crippen LogP contribution is -1.87. The Morgan fingerprint density at radius 2 is 1.11 bits per heavy atom. The number of hydrogen-bond acceptors (Lipinski definition) is 0. The maximum atomic E-state index is 2.33. The molecule has 0 radical (unpaired) electrons. The van der Waals surface area contributed by atoms with Crippen molar-refractivity contribution in [1.82, 2.24) is 0 Å². The van der Waals surface area contributed by atoms with Crippen LogP contribution in [-0.2, 0) is 6.42 Å². The Morgan fingerprint density at radius 1 is 0.684 bits per heavy atom. The molecular formula is C19H16. The van der Waals surface area contributed by atoms with Gasteiger partial charge in [0.05, 0.1) is 0 Å². The minimum absolute atomic E-state index is 1.09. The first-order valence-electron chi connectivity index (χ1n) is 6.94. The second-order valence-electron chi connectivity index (χ2n) is 5.49. The van der Waals surface area contributed by atoms with Gasteiger partial charge in [-0.2, -0.15) is 0 Å². The Kier molecular flexibility index (Phi) is 2.11. The zero-order valence-corrected chi connectivity index (χ0v) is 11.3. The summed E-state index contributed by atoms with van der Waals surface area (Å²) >= 11 is 0. The van der Waals surface area contributed by atoms with E-state index in [1.807, 2.05) is 0 Å². The van der Waals surface area contributed by atoms with E-state index in [4.69, 9.17) is 0 Å². The third-order valence-corrected chi connectivity index (χ3v) is 4.15. The van der Waals surface area contributed by atoms with Crippen molar-refractivity contribution in [2.24, 2.45) is 0 Å². The summed E-state index contributed by atoms with van der Waals surface area (Å²) in [6.45, 7) is 4.39. The molecular weight excluding hydrogens is 228 g/mol. The molecule has 4 aromatic carbocycles. The van der Waals surface area contributed by atoms with E-state index < -0.39 is 0 Å². The van der Waals surface area contributed by atoms with Crippen molar-refractivity contribution >= 4 is 32.3 Å². The third kappa shape index (κ3) is 1.46. The van der Waals surface area contributed by atoms with Crippen molar-refractivity contribution in [2.75, 3.05) is 0 Å². The van der Waals surface area contributed by atoms with Crippen molar-refractivity contribution in [3.05, 3.63) is 59.7 Å². The van der Waals surface area contributed by atoms with Crippen LogP contribution in [0.25, 0.3) is 32.3 Å². The molecule has 0 bridgehead atoms. The lowest BCUT2D eigenvalue weighted by molar-refractivity contribution is 1.15. The Morgan fingerprint density at radius 3 is 1.53 bits per heavy atom. The van der Waals surface area contributed by atoms with Crippen LogP contribution in [0.4, 0.5) is 0 Å². The summed E-state index contributed by atoms with van der Waals surface area (Å²) in [6, 6.07) is 18.3. The summed E-state index contributed by atoms with van der Waals surface area (Å²) in [5.74, 6) is 0. The quantitative estimate of drug-likeness (QED) is 0.390. The van der Waals surface area contributed by atoms with E-state index in [2.05, 4.69) is 62.4 Å². The fourth-order valence-electron chi connectivity index (χ4n) is 3.26. The van der Waals surface area contributed by atoms with Gasteiger partial charge in [0.25, 0.3) is 0 Å². The van der Waals surface area contributed by atoms with Gasteiger partial charge in [0.1, 0.15) is 0 Å². The molecule has 0 nitrogen and oxygen atoms in total. The van der Waals surface area contributed by atoms with Gasteiger partial charge in [-0.15, -0.1) is 0 Å². The zero-order valence-electron chi connectivity index (χ0n) is 11.3. The molecule has 0 aliphatic rings. The second kappa shape index (κ2) is 3.71. The van der Waals surface area contributed by atoms with E-state index >= 15 is 0 Å². The molecule has 92 valence electrons. The smallest absolute Gasteiger partial charge is 0.00266 e. The highest BCUT2D eigenvalue weighted by Crippen LogP contribution is 2.35. The Hall–Kier alpha value is -2.08. The van der Waals surface area contributed by atoms with Crippen molar-refractivity contribution in [1.29, 1.82) is 0 Å². The van der Waals surface area contributed by atoms with Gasteiger partial charge in [-0.05, 0) is 56.8 Å². The number of benzene rings is 4. The van der Waals surface area contributed by atoms with Crippen LogP contribution in [0.3, 0.4) is 0 Å². The topological polar surface area (TPSA) is 0 Å². The minimum atomic E-state index is 1.09. The molecule has 0 aliphatic carbocycles. The van der Waals surface area contributed by atoms with Crippen LogP contribution in [0.5, 0.6) is 0 Å². The largest absolute Gasteiger partial charge is 0.0613 e. The highest BCUT2D eigenvalue weighted by Gasteiger charge is 2.09. The van der Waals surface area contributed by atoms with Crippen LogP contribution in [0.15, 0.2) is 48.5 Å².